The smallest absolute Gasteiger partial charge is 0.127 e. The zero-order valence-electron chi connectivity index (χ0n) is 13.1. The maximum Gasteiger partial charge on any atom is 0.127 e. The van der Waals surface area contributed by atoms with Crippen LogP contribution in [0.4, 0.5) is 0 Å². The Bertz CT molecular complexity index is 712. The Labute approximate surface area is 140 Å². The van der Waals surface area contributed by atoms with Gasteiger partial charge in [0.1, 0.15) is 18.2 Å². The Balaban J connectivity index is 1.72. The van der Waals surface area contributed by atoms with E-state index >= 15 is 0 Å². The number of benzene rings is 1. The molecule has 0 unspecified atom stereocenters. The normalized spacial score (nSPS) is 13.7. The lowest BCUT2D eigenvalue weighted by Crippen LogP contribution is -2.30. The van der Waals surface area contributed by atoms with E-state index in [-0.39, 0.29) is 6.61 Å². The van der Waals surface area contributed by atoms with Crippen LogP contribution >= 0.6 is 11.6 Å². The number of nitrogens with one attached hydrogen (secondary N) is 1. The molecule has 0 atom stereocenters. The number of halogens is 1. The van der Waals surface area contributed by atoms with Crippen LogP contribution in [0.1, 0.15) is 17.1 Å². The summed E-state index contributed by atoms with van der Waals surface area (Å²) in [6, 6.07) is 5.63. The molecule has 1 aliphatic heterocycles. The Kier molecular flexibility index (Phi) is 5.00. The first-order valence-corrected chi connectivity index (χ1v) is 7.97. The summed E-state index contributed by atoms with van der Waals surface area (Å²) in [7, 11) is 0. The van der Waals surface area contributed by atoms with E-state index in [1.54, 1.807) is 0 Å². The highest BCUT2D eigenvalue weighted by Crippen LogP contribution is 2.29. The minimum Gasteiger partial charge on any atom is -0.489 e. The maximum atomic E-state index is 9.31. The summed E-state index contributed by atoms with van der Waals surface area (Å²) < 4.78 is 5.79. The van der Waals surface area contributed by atoms with E-state index in [1.807, 2.05) is 31.3 Å². The highest BCUT2D eigenvalue weighted by molar-refractivity contribution is 6.30. The number of aryl methyl sites for hydroxylation is 1. The van der Waals surface area contributed by atoms with Crippen molar-refractivity contribution in [2.45, 2.75) is 13.5 Å². The molecule has 122 valence electrons. The van der Waals surface area contributed by atoms with Crippen molar-refractivity contribution in [3.63, 3.8) is 0 Å². The van der Waals surface area contributed by atoms with Crippen molar-refractivity contribution in [1.82, 2.24) is 14.9 Å². The van der Waals surface area contributed by atoms with E-state index in [2.05, 4.69) is 20.9 Å². The van der Waals surface area contributed by atoms with Gasteiger partial charge in [0.25, 0.3) is 0 Å². The van der Waals surface area contributed by atoms with Crippen molar-refractivity contribution >= 4 is 17.7 Å². The molecule has 0 saturated heterocycles. The van der Waals surface area contributed by atoms with Crippen molar-refractivity contribution < 1.29 is 9.84 Å². The predicted molar refractivity (Wildman–Crippen MR) is 90.6 cm³/mol. The van der Waals surface area contributed by atoms with Crippen molar-refractivity contribution in [3.8, 4) is 5.75 Å². The molecule has 1 aromatic heterocycles. The van der Waals surface area contributed by atoms with Crippen molar-refractivity contribution in [2.24, 2.45) is 0 Å². The minimum absolute atomic E-state index is 0.115. The number of aromatic nitrogens is 2. The Morgan fingerprint density at radius 3 is 3.00 bits per heavy atom. The average Bonchev–Trinajstić information content (AvgIpc) is 2.92. The van der Waals surface area contributed by atoms with Gasteiger partial charge >= 0.3 is 0 Å². The number of nitrogens with zero attached hydrogens (tertiary/aromatic N) is 2. The molecule has 0 amide bonds. The van der Waals surface area contributed by atoms with Crippen LogP contribution < -0.4 is 4.74 Å². The number of aromatic amines is 1. The third kappa shape index (κ3) is 4.13. The molecular formula is C17H20ClN3O2. The first-order chi connectivity index (χ1) is 11.1. The molecule has 23 heavy (non-hydrogen) atoms. The summed E-state index contributed by atoms with van der Waals surface area (Å²) in [5, 5.41) is 10.0. The molecule has 5 nitrogen and oxygen atoms in total. The SMILES string of the molecule is Cc1ncc(CN(CCO)CC2=Cc3cc(Cl)ccc3OC2)[nH]1. The van der Waals surface area contributed by atoms with Gasteiger partial charge in [-0.1, -0.05) is 11.6 Å². The van der Waals surface area contributed by atoms with Crippen LogP contribution in [0.25, 0.3) is 6.08 Å². The number of H-pyrrole nitrogens is 1. The fourth-order valence-electron chi connectivity index (χ4n) is 2.72. The number of aliphatic hydroxyl groups is 1. The van der Waals surface area contributed by atoms with Crippen molar-refractivity contribution in [2.75, 3.05) is 26.3 Å². The van der Waals surface area contributed by atoms with E-state index in [1.165, 1.54) is 0 Å². The molecule has 2 N–H and O–H groups in total. The fourth-order valence-corrected chi connectivity index (χ4v) is 2.90. The lowest BCUT2D eigenvalue weighted by Gasteiger charge is -2.25. The molecule has 0 spiro atoms. The Morgan fingerprint density at radius 2 is 2.26 bits per heavy atom. The van der Waals surface area contributed by atoms with E-state index in [4.69, 9.17) is 16.3 Å². The van der Waals surface area contributed by atoms with E-state index < -0.39 is 0 Å². The number of rotatable bonds is 6. The topological polar surface area (TPSA) is 61.4 Å². The molecule has 0 saturated carbocycles. The molecule has 0 bridgehead atoms. The van der Waals surface area contributed by atoms with E-state index in [0.717, 1.165) is 34.9 Å². The van der Waals surface area contributed by atoms with Gasteiger partial charge in [-0.2, -0.15) is 0 Å². The highest BCUT2D eigenvalue weighted by Gasteiger charge is 2.15. The molecule has 1 aliphatic rings. The molecule has 2 aromatic rings. The van der Waals surface area contributed by atoms with Gasteiger partial charge in [-0.25, -0.2) is 4.98 Å². The average molecular weight is 334 g/mol. The van der Waals surface area contributed by atoms with Gasteiger partial charge in [0.05, 0.1) is 6.61 Å². The fraction of sp³-hybridized carbons (Fsp3) is 0.353. The van der Waals surface area contributed by atoms with E-state index in [9.17, 15) is 5.11 Å². The number of aliphatic hydroxyl groups excluding tert-OH is 1. The van der Waals surface area contributed by atoms with Crippen molar-refractivity contribution in [3.05, 3.63) is 52.1 Å². The molecular weight excluding hydrogens is 314 g/mol. The zero-order valence-corrected chi connectivity index (χ0v) is 13.8. The third-order valence-electron chi connectivity index (χ3n) is 3.74. The molecule has 1 aromatic carbocycles. The summed E-state index contributed by atoms with van der Waals surface area (Å²) in [5.41, 5.74) is 3.20. The van der Waals surface area contributed by atoms with Gasteiger partial charge in [-0.05, 0) is 36.8 Å². The van der Waals surface area contributed by atoms with E-state index in [0.29, 0.717) is 24.7 Å². The first kappa shape index (κ1) is 16.1. The van der Waals surface area contributed by atoms with Crippen LogP contribution in [0.15, 0.2) is 30.0 Å². The van der Waals surface area contributed by atoms with Crippen molar-refractivity contribution in [1.29, 1.82) is 0 Å². The molecule has 0 radical (unpaired) electrons. The molecule has 0 fully saturated rings. The quantitative estimate of drug-likeness (QED) is 0.853. The summed E-state index contributed by atoms with van der Waals surface area (Å²) in [6.45, 7) is 4.63. The Hall–Kier alpha value is -1.82. The Morgan fingerprint density at radius 1 is 1.39 bits per heavy atom. The third-order valence-corrected chi connectivity index (χ3v) is 3.97. The number of hydrogen-bond acceptors (Lipinski definition) is 4. The minimum atomic E-state index is 0.115. The van der Waals surface area contributed by atoms with Gasteiger partial charge in [-0.3, -0.25) is 4.90 Å². The van der Waals surface area contributed by atoms with Crippen LogP contribution in [0.2, 0.25) is 5.02 Å². The second-order valence-electron chi connectivity index (χ2n) is 5.70. The standard InChI is InChI=1S/C17H20ClN3O2/c1-12-19-8-16(20-12)10-21(4-5-22)9-13-6-14-7-15(18)2-3-17(14)23-11-13/h2-3,6-8,22H,4-5,9-11H2,1H3,(H,19,20). The number of ether oxygens (including phenoxy) is 1. The number of imidazole rings is 1. The summed E-state index contributed by atoms with van der Waals surface area (Å²) in [6.07, 6.45) is 3.95. The molecule has 3 rings (SSSR count). The number of hydrogen-bond donors (Lipinski definition) is 2. The van der Waals surface area contributed by atoms with Crippen LogP contribution in [-0.4, -0.2) is 46.3 Å². The van der Waals surface area contributed by atoms with Crippen LogP contribution in [0.5, 0.6) is 5.75 Å². The largest absolute Gasteiger partial charge is 0.489 e. The van der Waals surface area contributed by atoms with Crippen LogP contribution in [0, 0.1) is 6.92 Å². The maximum absolute atomic E-state index is 9.31. The van der Waals surface area contributed by atoms with Gasteiger partial charge in [-0.15, -0.1) is 0 Å². The second-order valence-corrected chi connectivity index (χ2v) is 6.14. The zero-order chi connectivity index (χ0) is 16.2. The van der Waals surface area contributed by atoms with Gasteiger partial charge in [0.15, 0.2) is 0 Å². The summed E-state index contributed by atoms with van der Waals surface area (Å²) in [4.78, 5) is 9.60. The van der Waals surface area contributed by atoms with Gasteiger partial charge < -0.3 is 14.8 Å². The molecule has 2 heterocycles. The monoisotopic (exact) mass is 333 g/mol. The van der Waals surface area contributed by atoms with Gasteiger partial charge in [0, 0.05) is 42.1 Å². The molecule has 0 aliphatic carbocycles. The van der Waals surface area contributed by atoms with Crippen LogP contribution in [-0.2, 0) is 6.54 Å². The summed E-state index contributed by atoms with van der Waals surface area (Å²) >= 11 is 6.05. The lowest BCUT2D eigenvalue weighted by molar-refractivity contribution is 0.194. The van der Waals surface area contributed by atoms with Gasteiger partial charge in [0.2, 0.25) is 0 Å². The lowest BCUT2D eigenvalue weighted by atomic mass is 10.1. The highest BCUT2D eigenvalue weighted by atomic mass is 35.5. The summed E-state index contributed by atoms with van der Waals surface area (Å²) in [5.74, 6) is 1.75. The predicted octanol–water partition coefficient (Wildman–Crippen LogP) is 2.64. The van der Waals surface area contributed by atoms with Crippen LogP contribution in [0.3, 0.4) is 0 Å². The number of fused-ring (bicyclic) bond motifs is 1. The second kappa shape index (κ2) is 7.17. The first-order valence-electron chi connectivity index (χ1n) is 7.59. The molecule has 6 heteroatoms.